The molecule has 0 fully saturated rings. The van der Waals surface area contributed by atoms with Gasteiger partial charge in [-0.2, -0.15) is 0 Å². The van der Waals surface area contributed by atoms with E-state index in [1.807, 2.05) is 48.5 Å². The largest absolute Gasteiger partial charge is 0.475 e. The van der Waals surface area contributed by atoms with Gasteiger partial charge in [-0.05, 0) is 41.0 Å². The minimum Gasteiger partial charge on any atom is -0.475 e. The van der Waals surface area contributed by atoms with E-state index in [2.05, 4.69) is 17.6 Å². The van der Waals surface area contributed by atoms with Crippen LogP contribution in [0.2, 0.25) is 0 Å². The van der Waals surface area contributed by atoms with Gasteiger partial charge in [-0.3, -0.25) is 0 Å². The number of rotatable bonds is 3. The minimum atomic E-state index is -0.674. The molecular weight excluding hydrogens is 352 g/mol. The van der Waals surface area contributed by atoms with E-state index in [9.17, 15) is 8.78 Å². The second-order valence-electron chi connectivity index (χ2n) is 6.03. The van der Waals surface area contributed by atoms with Crippen molar-refractivity contribution in [1.29, 1.82) is 0 Å². The van der Waals surface area contributed by atoms with E-state index in [1.165, 1.54) is 18.2 Å². The van der Waals surface area contributed by atoms with Gasteiger partial charge < -0.3 is 4.74 Å². The van der Waals surface area contributed by atoms with E-state index in [0.29, 0.717) is 0 Å². The van der Waals surface area contributed by atoms with E-state index in [-0.39, 0.29) is 24.1 Å². The molecule has 0 aromatic heterocycles. The molecule has 1 aliphatic rings. The van der Waals surface area contributed by atoms with Crippen LogP contribution in [0.4, 0.5) is 8.78 Å². The van der Waals surface area contributed by atoms with Crippen LogP contribution in [0, 0.1) is 11.6 Å². The summed E-state index contributed by atoms with van der Waals surface area (Å²) in [5, 5.41) is 0. The lowest BCUT2D eigenvalue weighted by molar-refractivity contribution is 0.317. The van der Waals surface area contributed by atoms with Crippen molar-refractivity contribution >= 4 is 18.5 Å². The number of nitrogens with zero attached hydrogens (tertiary/aromatic N) is 1. The van der Waals surface area contributed by atoms with Crippen molar-refractivity contribution in [1.82, 2.24) is 0 Å². The van der Waals surface area contributed by atoms with E-state index in [1.54, 1.807) is 0 Å². The number of benzene rings is 3. The molecule has 0 bridgehead atoms. The summed E-state index contributed by atoms with van der Waals surface area (Å²) in [7, 11) is 0. The molecule has 3 aromatic carbocycles. The molecule has 1 heterocycles. The van der Waals surface area contributed by atoms with E-state index >= 15 is 0 Å². The van der Waals surface area contributed by atoms with Gasteiger partial charge in [-0.25, -0.2) is 13.8 Å². The molecule has 1 aliphatic heterocycles. The number of aliphatic imine (C=N–C) groups is 1. The standard InChI is InChI=1S/C21H15F2NOS/c22-17-2-1-3-18(23)20(17)21-24-19(12-25-21)15-6-4-13(5-7-15)14-8-10-16(26)11-9-14/h1-11,19,26H,12H2/t19-/m1/s1. The van der Waals surface area contributed by atoms with Gasteiger partial charge in [0.2, 0.25) is 5.90 Å². The van der Waals surface area contributed by atoms with Crippen LogP contribution in [-0.2, 0) is 4.74 Å². The maximum atomic E-state index is 13.9. The van der Waals surface area contributed by atoms with Crippen LogP contribution in [0.1, 0.15) is 17.2 Å². The number of ether oxygens (including phenoxy) is 1. The average Bonchev–Trinajstić information content (AvgIpc) is 3.12. The number of hydrogen-bond donors (Lipinski definition) is 1. The molecular formula is C21H15F2NOS. The molecule has 2 nitrogen and oxygen atoms in total. The molecule has 1 atom stereocenters. The maximum absolute atomic E-state index is 13.9. The molecule has 26 heavy (non-hydrogen) atoms. The smallest absolute Gasteiger partial charge is 0.222 e. The van der Waals surface area contributed by atoms with E-state index in [4.69, 9.17) is 4.74 Å². The molecule has 5 heteroatoms. The fraction of sp³-hybridized carbons (Fsp3) is 0.0952. The molecule has 3 aromatic rings. The summed E-state index contributed by atoms with van der Waals surface area (Å²) in [6, 6.07) is 19.3. The molecule has 0 radical (unpaired) electrons. The zero-order valence-corrected chi connectivity index (χ0v) is 14.6. The van der Waals surface area contributed by atoms with Gasteiger partial charge in [0.25, 0.3) is 0 Å². The lowest BCUT2D eigenvalue weighted by Gasteiger charge is -2.07. The van der Waals surface area contributed by atoms with Crippen LogP contribution in [0.15, 0.2) is 76.6 Å². The van der Waals surface area contributed by atoms with Crippen molar-refractivity contribution < 1.29 is 13.5 Å². The normalized spacial score (nSPS) is 16.3. The van der Waals surface area contributed by atoms with Crippen molar-refractivity contribution in [2.75, 3.05) is 6.61 Å². The van der Waals surface area contributed by atoms with Crippen molar-refractivity contribution in [2.24, 2.45) is 4.99 Å². The summed E-state index contributed by atoms with van der Waals surface area (Å²) in [5.41, 5.74) is 2.89. The summed E-state index contributed by atoms with van der Waals surface area (Å²) in [5.74, 6) is -1.33. The Labute approximate surface area is 155 Å². The Morgan fingerprint density at radius 2 is 1.42 bits per heavy atom. The third kappa shape index (κ3) is 3.22. The molecule has 130 valence electrons. The molecule has 0 aliphatic carbocycles. The number of thiol groups is 1. The number of hydrogen-bond acceptors (Lipinski definition) is 3. The highest BCUT2D eigenvalue weighted by Crippen LogP contribution is 2.29. The second-order valence-corrected chi connectivity index (χ2v) is 6.54. The first-order valence-corrected chi connectivity index (χ1v) is 8.61. The Hall–Kier alpha value is -2.66. The quantitative estimate of drug-likeness (QED) is 0.612. The highest BCUT2D eigenvalue weighted by Gasteiger charge is 2.26. The van der Waals surface area contributed by atoms with Gasteiger partial charge in [0.1, 0.15) is 29.8 Å². The van der Waals surface area contributed by atoms with Crippen LogP contribution < -0.4 is 0 Å². The molecule has 0 saturated carbocycles. The monoisotopic (exact) mass is 367 g/mol. The molecule has 0 amide bonds. The zero-order chi connectivity index (χ0) is 18.1. The highest BCUT2D eigenvalue weighted by atomic mass is 32.1. The highest BCUT2D eigenvalue weighted by molar-refractivity contribution is 7.80. The topological polar surface area (TPSA) is 21.6 Å². The lowest BCUT2D eigenvalue weighted by Crippen LogP contribution is -2.07. The summed E-state index contributed by atoms with van der Waals surface area (Å²) < 4.78 is 33.2. The average molecular weight is 367 g/mol. The summed E-state index contributed by atoms with van der Waals surface area (Å²) >= 11 is 4.29. The van der Waals surface area contributed by atoms with Gasteiger partial charge in [-0.1, -0.05) is 42.5 Å². The molecule has 0 spiro atoms. The second kappa shape index (κ2) is 6.92. The van der Waals surface area contributed by atoms with Crippen LogP contribution in [0.5, 0.6) is 0 Å². The van der Waals surface area contributed by atoms with Gasteiger partial charge in [0.15, 0.2) is 0 Å². The van der Waals surface area contributed by atoms with E-state index < -0.39 is 11.6 Å². The Morgan fingerprint density at radius 1 is 0.846 bits per heavy atom. The van der Waals surface area contributed by atoms with Crippen molar-refractivity contribution in [3.63, 3.8) is 0 Å². The third-order valence-electron chi connectivity index (χ3n) is 4.32. The van der Waals surface area contributed by atoms with Crippen molar-refractivity contribution in [3.8, 4) is 11.1 Å². The first-order valence-electron chi connectivity index (χ1n) is 8.16. The molecule has 4 rings (SSSR count). The van der Waals surface area contributed by atoms with E-state index in [0.717, 1.165) is 21.6 Å². The Bertz CT molecular complexity index is 948. The third-order valence-corrected chi connectivity index (χ3v) is 4.62. The first kappa shape index (κ1) is 16.8. The first-order chi connectivity index (χ1) is 12.6. The van der Waals surface area contributed by atoms with Crippen LogP contribution in [0.25, 0.3) is 11.1 Å². The van der Waals surface area contributed by atoms with Crippen LogP contribution >= 0.6 is 12.6 Å². The fourth-order valence-corrected chi connectivity index (χ4v) is 3.08. The molecule has 0 saturated heterocycles. The Kier molecular flexibility index (Phi) is 4.47. The lowest BCUT2D eigenvalue weighted by atomic mass is 10.0. The Balaban J connectivity index is 1.59. The predicted octanol–water partition coefficient (Wildman–Crippen LogP) is 5.44. The van der Waals surface area contributed by atoms with Crippen LogP contribution in [-0.4, -0.2) is 12.5 Å². The summed E-state index contributed by atoms with van der Waals surface area (Å²) in [6.07, 6.45) is 0. The minimum absolute atomic E-state index is 0.0130. The van der Waals surface area contributed by atoms with Crippen molar-refractivity contribution in [3.05, 3.63) is 89.5 Å². The molecule has 0 unspecified atom stereocenters. The zero-order valence-electron chi connectivity index (χ0n) is 13.7. The van der Waals surface area contributed by atoms with Gasteiger partial charge >= 0.3 is 0 Å². The summed E-state index contributed by atoms with van der Waals surface area (Å²) in [4.78, 5) is 5.28. The number of halogens is 2. The van der Waals surface area contributed by atoms with Crippen molar-refractivity contribution in [2.45, 2.75) is 10.9 Å². The predicted molar refractivity (Wildman–Crippen MR) is 101 cm³/mol. The molecule has 0 N–H and O–H groups in total. The van der Waals surface area contributed by atoms with Gasteiger partial charge in [0, 0.05) is 4.90 Å². The SMILES string of the molecule is Fc1cccc(F)c1C1=N[C@@H](c2ccc(-c3ccc(S)cc3)cc2)CO1. The summed E-state index contributed by atoms with van der Waals surface area (Å²) in [6.45, 7) is 0.261. The maximum Gasteiger partial charge on any atom is 0.222 e. The fourth-order valence-electron chi connectivity index (χ4n) is 2.94. The van der Waals surface area contributed by atoms with Crippen LogP contribution in [0.3, 0.4) is 0 Å². The Morgan fingerprint density at radius 3 is 2.04 bits per heavy atom. The van der Waals surface area contributed by atoms with Gasteiger partial charge in [-0.15, -0.1) is 12.6 Å². The van der Waals surface area contributed by atoms with Gasteiger partial charge in [0.05, 0.1) is 0 Å².